The number of aryl methyl sites for hydroxylation is 1. The average molecular weight is 263 g/mol. The van der Waals surface area contributed by atoms with Crippen LogP contribution >= 0.6 is 0 Å². The first-order valence-corrected chi connectivity index (χ1v) is 7.58. The predicted octanol–water partition coefficient (Wildman–Crippen LogP) is 4.26. The fourth-order valence-corrected chi connectivity index (χ4v) is 3.45. The molecule has 1 saturated carbocycles. The van der Waals surface area contributed by atoms with Gasteiger partial charge in [-0.2, -0.15) is 0 Å². The van der Waals surface area contributed by atoms with Crippen LogP contribution in [0, 0.1) is 24.6 Å². The van der Waals surface area contributed by atoms with Crippen LogP contribution in [0.2, 0.25) is 0 Å². The molecule has 1 fully saturated rings. The van der Waals surface area contributed by atoms with Gasteiger partial charge < -0.3 is 5.32 Å². The Bertz CT molecular complexity index is 414. The van der Waals surface area contributed by atoms with Crippen molar-refractivity contribution in [2.75, 3.05) is 13.1 Å². The number of halogens is 1. The van der Waals surface area contributed by atoms with Gasteiger partial charge in [-0.3, -0.25) is 0 Å². The zero-order valence-corrected chi connectivity index (χ0v) is 12.4. The van der Waals surface area contributed by atoms with E-state index >= 15 is 0 Å². The summed E-state index contributed by atoms with van der Waals surface area (Å²) in [5.74, 6) is 1.95. The van der Waals surface area contributed by atoms with Crippen LogP contribution in [-0.2, 0) is 0 Å². The minimum absolute atomic E-state index is 0.117. The van der Waals surface area contributed by atoms with E-state index in [0.29, 0.717) is 11.8 Å². The maximum atomic E-state index is 13.3. The molecule has 3 unspecified atom stereocenters. The van der Waals surface area contributed by atoms with Crippen molar-refractivity contribution in [3.8, 4) is 0 Å². The van der Waals surface area contributed by atoms with E-state index in [1.54, 1.807) is 12.1 Å². The number of hydrogen-bond acceptors (Lipinski definition) is 1. The third kappa shape index (κ3) is 3.56. The molecule has 2 heteroatoms. The van der Waals surface area contributed by atoms with E-state index in [4.69, 9.17) is 0 Å². The summed E-state index contributed by atoms with van der Waals surface area (Å²) in [7, 11) is 0. The van der Waals surface area contributed by atoms with Crippen LogP contribution in [-0.4, -0.2) is 13.1 Å². The predicted molar refractivity (Wildman–Crippen MR) is 78.9 cm³/mol. The highest BCUT2D eigenvalue weighted by Crippen LogP contribution is 2.41. The molecule has 106 valence electrons. The van der Waals surface area contributed by atoms with Crippen molar-refractivity contribution in [1.29, 1.82) is 0 Å². The first kappa shape index (κ1) is 14.5. The van der Waals surface area contributed by atoms with E-state index < -0.39 is 0 Å². The molecular weight excluding hydrogens is 237 g/mol. The zero-order valence-electron chi connectivity index (χ0n) is 12.4. The van der Waals surface area contributed by atoms with Crippen molar-refractivity contribution in [2.24, 2.45) is 11.8 Å². The van der Waals surface area contributed by atoms with Crippen LogP contribution in [0.25, 0.3) is 0 Å². The minimum atomic E-state index is -0.117. The summed E-state index contributed by atoms with van der Waals surface area (Å²) in [6.45, 7) is 8.66. The van der Waals surface area contributed by atoms with Gasteiger partial charge in [0.15, 0.2) is 0 Å². The maximum absolute atomic E-state index is 13.3. The number of nitrogens with one attached hydrogen (secondary N) is 1. The molecule has 0 aliphatic heterocycles. The lowest BCUT2D eigenvalue weighted by atomic mass is 9.70. The lowest BCUT2D eigenvalue weighted by Crippen LogP contribution is -2.31. The van der Waals surface area contributed by atoms with Gasteiger partial charge in [0, 0.05) is 0 Å². The summed E-state index contributed by atoms with van der Waals surface area (Å²) in [6, 6.07) is 5.30. The zero-order chi connectivity index (χ0) is 13.8. The third-order valence-corrected chi connectivity index (χ3v) is 4.54. The topological polar surface area (TPSA) is 12.0 Å². The largest absolute Gasteiger partial charge is 0.317 e. The van der Waals surface area contributed by atoms with Crippen molar-refractivity contribution in [3.05, 3.63) is 35.1 Å². The lowest BCUT2D eigenvalue weighted by Gasteiger charge is -2.36. The summed E-state index contributed by atoms with van der Waals surface area (Å²) >= 11 is 0. The van der Waals surface area contributed by atoms with E-state index in [9.17, 15) is 4.39 Å². The second-order valence-electron chi connectivity index (χ2n) is 6.09. The molecule has 0 radical (unpaired) electrons. The van der Waals surface area contributed by atoms with Gasteiger partial charge in [0.1, 0.15) is 5.82 Å². The quantitative estimate of drug-likeness (QED) is 0.855. The van der Waals surface area contributed by atoms with Gasteiger partial charge >= 0.3 is 0 Å². The van der Waals surface area contributed by atoms with Crippen molar-refractivity contribution in [2.45, 2.75) is 46.0 Å². The summed E-state index contributed by atoms with van der Waals surface area (Å²) in [5.41, 5.74) is 2.47. The molecule has 1 aromatic carbocycles. The molecule has 0 heterocycles. The molecule has 19 heavy (non-hydrogen) atoms. The molecule has 0 amide bonds. The van der Waals surface area contributed by atoms with Gasteiger partial charge in [-0.15, -0.1) is 0 Å². The van der Waals surface area contributed by atoms with Crippen molar-refractivity contribution in [3.63, 3.8) is 0 Å². The summed E-state index contributed by atoms with van der Waals surface area (Å²) in [6.07, 6.45) is 3.85. The average Bonchev–Trinajstić information content (AvgIpc) is 2.37. The van der Waals surface area contributed by atoms with Gasteiger partial charge in [0.25, 0.3) is 0 Å². The molecule has 1 aliphatic carbocycles. The summed E-state index contributed by atoms with van der Waals surface area (Å²) in [4.78, 5) is 0. The highest BCUT2D eigenvalue weighted by Gasteiger charge is 2.30. The standard InChI is InChI=1S/C17H26FN/c1-4-19-11-14-6-5-12(2)9-17(14)16-8-7-15(18)10-13(16)3/h7-8,10,12,14,17,19H,4-6,9,11H2,1-3H3. The van der Waals surface area contributed by atoms with Crippen molar-refractivity contribution >= 4 is 0 Å². The Balaban J connectivity index is 2.20. The first-order chi connectivity index (χ1) is 9.11. The van der Waals surface area contributed by atoms with Gasteiger partial charge in [-0.05, 0) is 73.9 Å². The lowest BCUT2D eigenvalue weighted by molar-refractivity contribution is 0.242. The Morgan fingerprint density at radius 2 is 2.11 bits per heavy atom. The normalized spacial score (nSPS) is 27.5. The summed E-state index contributed by atoms with van der Waals surface area (Å²) < 4.78 is 13.3. The van der Waals surface area contributed by atoms with E-state index in [-0.39, 0.29) is 5.82 Å². The minimum Gasteiger partial charge on any atom is -0.317 e. The second-order valence-corrected chi connectivity index (χ2v) is 6.09. The number of benzene rings is 1. The third-order valence-electron chi connectivity index (χ3n) is 4.54. The Hall–Kier alpha value is -0.890. The Labute approximate surface area is 116 Å². The number of hydrogen-bond donors (Lipinski definition) is 1. The molecule has 1 nitrogen and oxygen atoms in total. The number of rotatable bonds is 4. The van der Waals surface area contributed by atoms with Gasteiger partial charge in [-0.25, -0.2) is 4.39 Å². The molecule has 1 aliphatic rings. The van der Waals surface area contributed by atoms with Crippen molar-refractivity contribution < 1.29 is 4.39 Å². The molecule has 1 aromatic rings. The molecule has 0 spiro atoms. The second kappa shape index (κ2) is 6.51. The van der Waals surface area contributed by atoms with E-state index in [2.05, 4.69) is 19.2 Å². The fourth-order valence-electron chi connectivity index (χ4n) is 3.45. The van der Waals surface area contributed by atoms with Gasteiger partial charge in [0.2, 0.25) is 0 Å². The Morgan fingerprint density at radius 3 is 2.79 bits per heavy atom. The first-order valence-electron chi connectivity index (χ1n) is 7.58. The van der Waals surface area contributed by atoms with Gasteiger partial charge in [-0.1, -0.05) is 26.3 Å². The molecular formula is C17H26FN. The summed E-state index contributed by atoms with van der Waals surface area (Å²) in [5, 5.41) is 3.49. The molecule has 3 atom stereocenters. The molecule has 2 rings (SSSR count). The molecule has 0 saturated heterocycles. The molecule has 0 aromatic heterocycles. The smallest absolute Gasteiger partial charge is 0.123 e. The van der Waals surface area contributed by atoms with Crippen LogP contribution in [0.4, 0.5) is 4.39 Å². The van der Waals surface area contributed by atoms with E-state index in [0.717, 1.165) is 24.6 Å². The Morgan fingerprint density at radius 1 is 1.32 bits per heavy atom. The van der Waals surface area contributed by atoms with Gasteiger partial charge in [0.05, 0.1) is 0 Å². The van der Waals surface area contributed by atoms with Crippen LogP contribution in [0.15, 0.2) is 18.2 Å². The SMILES string of the molecule is CCNCC1CCC(C)CC1c1ccc(F)cc1C. The molecule has 0 bridgehead atoms. The Kier molecular flexibility index (Phi) is 4.98. The highest BCUT2D eigenvalue weighted by molar-refractivity contribution is 5.31. The van der Waals surface area contributed by atoms with Crippen LogP contribution in [0.1, 0.15) is 50.2 Å². The van der Waals surface area contributed by atoms with Crippen LogP contribution in [0.3, 0.4) is 0 Å². The monoisotopic (exact) mass is 263 g/mol. The van der Waals surface area contributed by atoms with Crippen molar-refractivity contribution in [1.82, 2.24) is 5.32 Å². The van der Waals surface area contributed by atoms with Crippen LogP contribution < -0.4 is 5.32 Å². The maximum Gasteiger partial charge on any atom is 0.123 e. The van der Waals surface area contributed by atoms with E-state index in [1.807, 2.05) is 13.0 Å². The highest BCUT2D eigenvalue weighted by atomic mass is 19.1. The fraction of sp³-hybridized carbons (Fsp3) is 0.647. The molecule has 1 N–H and O–H groups in total. The van der Waals surface area contributed by atoms with E-state index in [1.165, 1.54) is 24.8 Å². The van der Waals surface area contributed by atoms with Crippen LogP contribution in [0.5, 0.6) is 0 Å².